The molecule has 0 saturated heterocycles. The zero-order valence-electron chi connectivity index (χ0n) is 15.2. The van der Waals surface area contributed by atoms with Crippen LogP contribution in [0.5, 0.6) is 5.75 Å². The first-order valence-corrected chi connectivity index (χ1v) is 9.42. The molecule has 0 radical (unpaired) electrons. The van der Waals surface area contributed by atoms with Gasteiger partial charge in [-0.1, -0.05) is 13.0 Å². The molecular formula is C21H25F3O2. The summed E-state index contributed by atoms with van der Waals surface area (Å²) in [7, 11) is 1.66. The third kappa shape index (κ3) is 2.29. The highest BCUT2D eigenvalue weighted by Crippen LogP contribution is 2.66. The van der Waals surface area contributed by atoms with E-state index in [2.05, 4.69) is 12.1 Å². The lowest BCUT2D eigenvalue weighted by Crippen LogP contribution is -2.51. The first-order chi connectivity index (χ1) is 12.3. The predicted molar refractivity (Wildman–Crippen MR) is 92.9 cm³/mol. The zero-order valence-corrected chi connectivity index (χ0v) is 15.2. The van der Waals surface area contributed by atoms with Gasteiger partial charge in [0.1, 0.15) is 11.4 Å². The molecule has 0 spiro atoms. The second kappa shape index (κ2) is 6.01. The van der Waals surface area contributed by atoms with E-state index in [1.165, 1.54) is 11.1 Å². The summed E-state index contributed by atoms with van der Waals surface area (Å²) in [6.45, 7) is 1.81. The fourth-order valence-electron chi connectivity index (χ4n) is 6.22. The van der Waals surface area contributed by atoms with Gasteiger partial charge in [0.05, 0.1) is 7.11 Å². The van der Waals surface area contributed by atoms with E-state index in [9.17, 15) is 18.3 Å². The van der Waals surface area contributed by atoms with Crippen LogP contribution >= 0.6 is 0 Å². The summed E-state index contributed by atoms with van der Waals surface area (Å²) < 4.78 is 45.5. The summed E-state index contributed by atoms with van der Waals surface area (Å²) >= 11 is 0. The van der Waals surface area contributed by atoms with Crippen molar-refractivity contribution in [1.29, 1.82) is 0 Å². The SMILES string of the molecule is COc1ccc2c(c1)CC[C@H]1[C@H]2CC[C@@]2(C)[C@H]1CC[C@]2(O)C(F)=C(F)F. The van der Waals surface area contributed by atoms with Crippen LogP contribution in [0.3, 0.4) is 0 Å². The number of ether oxygens (including phenoxy) is 1. The quantitative estimate of drug-likeness (QED) is 0.763. The third-order valence-corrected chi connectivity index (χ3v) is 7.61. The lowest BCUT2D eigenvalue weighted by atomic mass is 9.53. The standard InChI is InChI=1S/C21H25F3O2/c1-20-9-7-15-14-6-4-13(26-2)11-12(14)3-5-16(15)17(20)8-10-21(20,25)18(22)19(23)24/h4,6,11,15-17,25H,3,5,7-10H2,1-2H3/t15-,16-,17-,20-,21-/m0/s1. The van der Waals surface area contributed by atoms with E-state index < -0.39 is 22.9 Å². The van der Waals surface area contributed by atoms with Gasteiger partial charge in [0.25, 0.3) is 0 Å². The van der Waals surface area contributed by atoms with E-state index in [1.807, 2.05) is 13.0 Å². The lowest BCUT2D eigenvalue weighted by molar-refractivity contribution is -0.0927. The molecule has 2 nitrogen and oxygen atoms in total. The highest BCUT2D eigenvalue weighted by Gasteiger charge is 2.64. The maximum atomic E-state index is 14.2. The Bertz CT molecular complexity index is 758. The maximum Gasteiger partial charge on any atom is 0.304 e. The predicted octanol–water partition coefficient (Wildman–Crippen LogP) is 5.36. The average molecular weight is 366 g/mol. The number of hydrogen-bond donors (Lipinski definition) is 1. The summed E-state index contributed by atoms with van der Waals surface area (Å²) in [6.07, 6.45) is 1.51. The third-order valence-electron chi connectivity index (χ3n) is 7.61. The number of aliphatic hydroxyl groups is 1. The minimum Gasteiger partial charge on any atom is -0.497 e. The van der Waals surface area contributed by atoms with Gasteiger partial charge in [-0.2, -0.15) is 8.78 Å². The van der Waals surface area contributed by atoms with Crippen LogP contribution in [-0.2, 0) is 6.42 Å². The van der Waals surface area contributed by atoms with E-state index in [1.54, 1.807) is 7.11 Å². The van der Waals surface area contributed by atoms with E-state index >= 15 is 0 Å². The van der Waals surface area contributed by atoms with Crippen molar-refractivity contribution in [3.05, 3.63) is 41.2 Å². The molecule has 5 atom stereocenters. The van der Waals surface area contributed by atoms with Gasteiger partial charge in [-0.15, -0.1) is 0 Å². The molecule has 5 heteroatoms. The molecule has 0 amide bonds. The van der Waals surface area contributed by atoms with Gasteiger partial charge in [-0.05, 0) is 79.5 Å². The van der Waals surface area contributed by atoms with Gasteiger partial charge < -0.3 is 9.84 Å². The molecular weight excluding hydrogens is 341 g/mol. The second-order valence-corrected chi connectivity index (χ2v) is 8.41. The van der Waals surface area contributed by atoms with Crippen molar-refractivity contribution in [3.63, 3.8) is 0 Å². The molecule has 3 aliphatic carbocycles. The van der Waals surface area contributed by atoms with Crippen LogP contribution in [0.4, 0.5) is 13.2 Å². The van der Waals surface area contributed by atoms with Crippen molar-refractivity contribution < 1.29 is 23.0 Å². The summed E-state index contributed by atoms with van der Waals surface area (Å²) in [5.74, 6) is -0.0382. The summed E-state index contributed by atoms with van der Waals surface area (Å²) in [5.41, 5.74) is -0.247. The van der Waals surface area contributed by atoms with E-state index in [-0.39, 0.29) is 12.3 Å². The molecule has 0 bridgehead atoms. The first-order valence-electron chi connectivity index (χ1n) is 9.42. The van der Waals surface area contributed by atoms with Crippen LogP contribution in [0.15, 0.2) is 30.1 Å². The van der Waals surface area contributed by atoms with Crippen LogP contribution in [-0.4, -0.2) is 17.8 Å². The Morgan fingerprint density at radius 3 is 2.62 bits per heavy atom. The number of halogens is 3. The van der Waals surface area contributed by atoms with Gasteiger partial charge in [0.15, 0.2) is 5.83 Å². The Morgan fingerprint density at radius 1 is 1.15 bits per heavy atom. The van der Waals surface area contributed by atoms with Gasteiger partial charge in [0, 0.05) is 5.41 Å². The van der Waals surface area contributed by atoms with Crippen LogP contribution in [0.25, 0.3) is 0 Å². The molecule has 142 valence electrons. The van der Waals surface area contributed by atoms with Crippen molar-refractivity contribution in [2.24, 2.45) is 17.3 Å². The van der Waals surface area contributed by atoms with E-state index in [0.29, 0.717) is 24.7 Å². The molecule has 0 heterocycles. The van der Waals surface area contributed by atoms with Gasteiger partial charge >= 0.3 is 6.08 Å². The van der Waals surface area contributed by atoms with Crippen molar-refractivity contribution in [1.82, 2.24) is 0 Å². The van der Waals surface area contributed by atoms with Crippen LogP contribution < -0.4 is 4.74 Å². The normalized spacial score (nSPS) is 38.2. The molecule has 0 aromatic heterocycles. The Labute approximate surface area is 152 Å². The Morgan fingerprint density at radius 2 is 1.92 bits per heavy atom. The Kier molecular flexibility index (Phi) is 4.14. The minimum absolute atomic E-state index is 0.0617. The van der Waals surface area contributed by atoms with Crippen molar-refractivity contribution in [2.75, 3.05) is 7.11 Å². The number of fused-ring (bicyclic) bond motifs is 5. The molecule has 1 aromatic carbocycles. The highest BCUT2D eigenvalue weighted by molar-refractivity contribution is 5.41. The molecule has 1 N–H and O–H groups in total. The highest BCUT2D eigenvalue weighted by atomic mass is 19.3. The smallest absolute Gasteiger partial charge is 0.304 e. The number of methoxy groups -OCH3 is 1. The monoisotopic (exact) mass is 366 g/mol. The summed E-state index contributed by atoms with van der Waals surface area (Å²) in [6, 6.07) is 6.18. The largest absolute Gasteiger partial charge is 0.497 e. The Hall–Kier alpha value is -1.49. The van der Waals surface area contributed by atoms with Crippen LogP contribution in [0.1, 0.15) is 56.1 Å². The maximum absolute atomic E-state index is 14.2. The number of hydrogen-bond acceptors (Lipinski definition) is 2. The Balaban J connectivity index is 1.69. The molecule has 4 rings (SSSR count). The molecule has 0 unspecified atom stereocenters. The van der Waals surface area contributed by atoms with Gasteiger partial charge in [0.2, 0.25) is 0 Å². The van der Waals surface area contributed by atoms with Crippen LogP contribution in [0, 0.1) is 17.3 Å². The lowest BCUT2D eigenvalue weighted by Gasteiger charge is -2.52. The average Bonchev–Trinajstić information content (AvgIpc) is 2.92. The van der Waals surface area contributed by atoms with Crippen molar-refractivity contribution >= 4 is 0 Å². The second-order valence-electron chi connectivity index (χ2n) is 8.41. The van der Waals surface area contributed by atoms with Crippen LogP contribution in [0.2, 0.25) is 0 Å². The van der Waals surface area contributed by atoms with Crippen molar-refractivity contribution in [2.45, 2.75) is 57.0 Å². The number of rotatable bonds is 2. The first kappa shape index (κ1) is 17.9. The van der Waals surface area contributed by atoms with Gasteiger partial charge in [-0.25, -0.2) is 4.39 Å². The van der Waals surface area contributed by atoms with E-state index in [4.69, 9.17) is 4.74 Å². The molecule has 2 saturated carbocycles. The fraction of sp³-hybridized carbons (Fsp3) is 0.619. The topological polar surface area (TPSA) is 29.5 Å². The summed E-state index contributed by atoms with van der Waals surface area (Å²) in [4.78, 5) is 0. The molecule has 3 aliphatic rings. The number of aryl methyl sites for hydroxylation is 1. The zero-order chi connectivity index (χ0) is 18.7. The van der Waals surface area contributed by atoms with Crippen molar-refractivity contribution in [3.8, 4) is 5.75 Å². The molecule has 1 aromatic rings. The number of benzene rings is 1. The minimum atomic E-state index is -2.38. The van der Waals surface area contributed by atoms with Gasteiger partial charge in [-0.3, -0.25) is 0 Å². The van der Waals surface area contributed by atoms with E-state index in [0.717, 1.165) is 25.0 Å². The molecule has 0 aliphatic heterocycles. The molecule has 26 heavy (non-hydrogen) atoms. The summed E-state index contributed by atoms with van der Waals surface area (Å²) in [5, 5.41) is 10.9. The fourth-order valence-corrected chi connectivity index (χ4v) is 6.22. The molecule has 2 fully saturated rings.